The van der Waals surface area contributed by atoms with Gasteiger partial charge in [-0.3, -0.25) is 0 Å². The van der Waals surface area contributed by atoms with Crippen LogP contribution in [-0.2, 0) is 0 Å². The predicted molar refractivity (Wildman–Crippen MR) is 92.4 cm³/mol. The number of halogens is 2. The van der Waals surface area contributed by atoms with Crippen molar-refractivity contribution >= 4 is 23.2 Å². The molecule has 1 heterocycles. The van der Waals surface area contributed by atoms with Crippen molar-refractivity contribution < 1.29 is 0 Å². The first-order valence-electron chi connectivity index (χ1n) is 6.92. The largest absolute Gasteiger partial charge is 0.231 e. The number of hydrogen-bond donors (Lipinski definition) is 0. The lowest BCUT2D eigenvalue weighted by Gasteiger charge is -2.10. The molecule has 110 valence electrons. The third-order valence-corrected chi connectivity index (χ3v) is 4.09. The molecular weight excluding hydrogens is 315 g/mol. The van der Waals surface area contributed by atoms with Gasteiger partial charge in [0.25, 0.3) is 0 Å². The van der Waals surface area contributed by atoms with Crippen LogP contribution < -0.4 is 0 Å². The molecule has 3 aromatic rings. The van der Waals surface area contributed by atoms with Crippen molar-refractivity contribution in [2.24, 2.45) is 0 Å². The molecule has 0 saturated heterocycles. The minimum atomic E-state index is 0.216. The Morgan fingerprint density at radius 2 is 0.909 bits per heavy atom. The van der Waals surface area contributed by atoms with E-state index in [1.807, 2.05) is 62.4 Å². The highest BCUT2D eigenvalue weighted by molar-refractivity contribution is 6.40. The van der Waals surface area contributed by atoms with E-state index in [0.29, 0.717) is 0 Å². The van der Waals surface area contributed by atoms with Gasteiger partial charge in [0.05, 0.1) is 11.4 Å². The molecule has 0 bridgehead atoms. The summed E-state index contributed by atoms with van der Waals surface area (Å²) < 4.78 is 0. The second-order valence-electron chi connectivity index (χ2n) is 5.23. The standard InChI is InChI=1S/C18H14Cl2N2/c1-11-3-7-13(8-4-11)15-16(22-18(20)17(19)21-15)14-9-5-12(2)6-10-14/h3-10H,1-2H3. The summed E-state index contributed by atoms with van der Waals surface area (Å²) in [6.07, 6.45) is 0. The summed E-state index contributed by atoms with van der Waals surface area (Å²) >= 11 is 12.1. The molecule has 0 atom stereocenters. The molecule has 0 fully saturated rings. The second-order valence-corrected chi connectivity index (χ2v) is 5.95. The van der Waals surface area contributed by atoms with Crippen LogP contribution in [0.15, 0.2) is 48.5 Å². The van der Waals surface area contributed by atoms with E-state index in [-0.39, 0.29) is 10.3 Å². The highest BCUT2D eigenvalue weighted by Crippen LogP contribution is 2.33. The molecule has 0 radical (unpaired) electrons. The maximum Gasteiger partial charge on any atom is 0.167 e. The summed E-state index contributed by atoms with van der Waals surface area (Å²) in [6, 6.07) is 16.2. The first-order valence-corrected chi connectivity index (χ1v) is 7.67. The smallest absolute Gasteiger partial charge is 0.167 e. The van der Waals surface area contributed by atoms with Gasteiger partial charge in [0, 0.05) is 11.1 Å². The number of hydrogen-bond acceptors (Lipinski definition) is 2. The van der Waals surface area contributed by atoms with Crippen molar-refractivity contribution in [1.82, 2.24) is 9.97 Å². The topological polar surface area (TPSA) is 25.8 Å². The van der Waals surface area contributed by atoms with Crippen LogP contribution in [0.2, 0.25) is 10.3 Å². The average molecular weight is 329 g/mol. The first kappa shape index (κ1) is 15.0. The van der Waals surface area contributed by atoms with E-state index < -0.39 is 0 Å². The van der Waals surface area contributed by atoms with E-state index in [2.05, 4.69) is 9.97 Å². The Bertz CT molecular complexity index is 739. The molecule has 0 aliphatic carbocycles. The molecule has 1 aromatic heterocycles. The normalized spacial score (nSPS) is 10.7. The second kappa shape index (κ2) is 6.07. The van der Waals surface area contributed by atoms with Gasteiger partial charge in [0.1, 0.15) is 0 Å². The Hall–Kier alpha value is -1.90. The number of aryl methyl sites for hydroxylation is 2. The minimum absolute atomic E-state index is 0.216. The molecule has 0 saturated carbocycles. The Morgan fingerprint density at radius 3 is 1.23 bits per heavy atom. The zero-order chi connectivity index (χ0) is 15.7. The lowest BCUT2D eigenvalue weighted by atomic mass is 10.0. The summed E-state index contributed by atoms with van der Waals surface area (Å²) in [5.41, 5.74) is 5.78. The molecule has 0 aliphatic heterocycles. The molecule has 0 aliphatic rings. The molecule has 3 rings (SSSR count). The van der Waals surface area contributed by atoms with Crippen molar-refractivity contribution in [3.8, 4) is 22.5 Å². The van der Waals surface area contributed by atoms with Crippen molar-refractivity contribution in [2.75, 3.05) is 0 Å². The lowest BCUT2D eigenvalue weighted by Crippen LogP contribution is -1.95. The van der Waals surface area contributed by atoms with Crippen molar-refractivity contribution in [2.45, 2.75) is 13.8 Å². The zero-order valence-electron chi connectivity index (χ0n) is 12.3. The van der Waals surface area contributed by atoms with Crippen molar-refractivity contribution in [1.29, 1.82) is 0 Å². The van der Waals surface area contributed by atoms with Gasteiger partial charge in [-0.05, 0) is 13.8 Å². The Morgan fingerprint density at radius 1 is 0.591 bits per heavy atom. The fourth-order valence-corrected chi connectivity index (χ4v) is 2.47. The van der Waals surface area contributed by atoms with Crippen LogP contribution in [0, 0.1) is 13.8 Å². The van der Waals surface area contributed by atoms with E-state index in [4.69, 9.17) is 23.2 Å². The van der Waals surface area contributed by atoms with Gasteiger partial charge in [-0.1, -0.05) is 82.9 Å². The van der Waals surface area contributed by atoms with E-state index in [1.54, 1.807) is 0 Å². The molecule has 0 amide bonds. The number of aromatic nitrogens is 2. The summed E-state index contributed by atoms with van der Waals surface area (Å²) in [6.45, 7) is 4.09. The van der Waals surface area contributed by atoms with Gasteiger partial charge in [-0.2, -0.15) is 0 Å². The van der Waals surface area contributed by atoms with E-state index in [9.17, 15) is 0 Å². The van der Waals surface area contributed by atoms with Crippen LogP contribution in [0.3, 0.4) is 0 Å². The van der Waals surface area contributed by atoms with Crippen LogP contribution in [0.1, 0.15) is 11.1 Å². The van der Waals surface area contributed by atoms with Crippen LogP contribution in [0.4, 0.5) is 0 Å². The number of nitrogens with zero attached hydrogens (tertiary/aromatic N) is 2. The van der Waals surface area contributed by atoms with Gasteiger partial charge >= 0.3 is 0 Å². The molecule has 4 heteroatoms. The Labute approximate surface area is 139 Å². The fourth-order valence-electron chi connectivity index (χ4n) is 2.22. The molecule has 2 nitrogen and oxygen atoms in total. The van der Waals surface area contributed by atoms with E-state index >= 15 is 0 Å². The molecule has 0 spiro atoms. The third kappa shape index (κ3) is 2.99. The predicted octanol–water partition coefficient (Wildman–Crippen LogP) is 5.73. The van der Waals surface area contributed by atoms with Gasteiger partial charge in [0.15, 0.2) is 10.3 Å². The first-order chi connectivity index (χ1) is 10.5. The van der Waals surface area contributed by atoms with Gasteiger partial charge in [0.2, 0.25) is 0 Å². The lowest BCUT2D eigenvalue weighted by molar-refractivity contribution is 1.21. The van der Waals surface area contributed by atoms with Crippen LogP contribution in [0.5, 0.6) is 0 Å². The Kier molecular flexibility index (Phi) is 4.14. The highest BCUT2D eigenvalue weighted by Gasteiger charge is 2.14. The number of benzene rings is 2. The summed E-state index contributed by atoms with van der Waals surface area (Å²) in [4.78, 5) is 8.88. The van der Waals surface area contributed by atoms with Crippen molar-refractivity contribution in [3.63, 3.8) is 0 Å². The molecule has 0 unspecified atom stereocenters. The quantitative estimate of drug-likeness (QED) is 0.599. The minimum Gasteiger partial charge on any atom is -0.231 e. The number of rotatable bonds is 2. The van der Waals surface area contributed by atoms with Crippen LogP contribution in [-0.4, -0.2) is 9.97 Å². The average Bonchev–Trinajstić information content (AvgIpc) is 2.51. The van der Waals surface area contributed by atoms with E-state index in [0.717, 1.165) is 22.5 Å². The summed E-state index contributed by atoms with van der Waals surface area (Å²) in [5, 5.41) is 0.432. The fraction of sp³-hybridized carbons (Fsp3) is 0.111. The molecule has 2 aromatic carbocycles. The van der Waals surface area contributed by atoms with Crippen molar-refractivity contribution in [3.05, 3.63) is 70.0 Å². The maximum atomic E-state index is 6.07. The van der Waals surface area contributed by atoms with Gasteiger partial charge in [-0.15, -0.1) is 0 Å². The summed E-state index contributed by atoms with van der Waals surface area (Å²) in [7, 11) is 0. The van der Waals surface area contributed by atoms with Crippen LogP contribution in [0.25, 0.3) is 22.5 Å². The highest BCUT2D eigenvalue weighted by atomic mass is 35.5. The van der Waals surface area contributed by atoms with E-state index in [1.165, 1.54) is 11.1 Å². The maximum absolute atomic E-state index is 6.07. The zero-order valence-corrected chi connectivity index (χ0v) is 13.8. The molecule has 22 heavy (non-hydrogen) atoms. The Balaban J connectivity index is 2.22. The summed E-state index contributed by atoms with van der Waals surface area (Å²) in [5.74, 6) is 0. The molecular formula is C18H14Cl2N2. The van der Waals surface area contributed by atoms with Gasteiger partial charge in [-0.25, -0.2) is 9.97 Å². The SMILES string of the molecule is Cc1ccc(-c2nc(Cl)c(Cl)nc2-c2ccc(C)cc2)cc1. The molecule has 0 N–H and O–H groups in total. The monoisotopic (exact) mass is 328 g/mol. The van der Waals surface area contributed by atoms with Gasteiger partial charge < -0.3 is 0 Å². The third-order valence-electron chi connectivity index (χ3n) is 3.46. The van der Waals surface area contributed by atoms with Crippen LogP contribution >= 0.6 is 23.2 Å².